The number of benzene rings is 1. The molecule has 2 N–H and O–H groups in total. The van der Waals surface area contributed by atoms with Crippen LogP contribution in [0.5, 0.6) is 0 Å². The minimum absolute atomic E-state index is 0.413. The number of fused-ring (bicyclic) bond motifs is 1. The molecule has 2 aliphatic rings. The van der Waals surface area contributed by atoms with Gasteiger partial charge in [-0.25, -0.2) is 0 Å². The normalized spacial score (nSPS) is 29.7. The number of piperidine rings is 1. The topological polar surface area (TPSA) is 49.3 Å². The average Bonchev–Trinajstić information content (AvgIpc) is 2.48. The van der Waals surface area contributed by atoms with E-state index in [1.165, 1.54) is 17.5 Å². The highest BCUT2D eigenvalue weighted by molar-refractivity contribution is 5.75. The maximum absolute atomic E-state index is 11.8. The maximum Gasteiger partial charge on any atom is 0.310 e. The fraction of sp³-hybridized carbons (Fsp3) is 0.588. The second kappa shape index (κ2) is 5.57. The number of rotatable bonds is 3. The molecule has 0 bridgehead atoms. The Balaban J connectivity index is 1.85. The molecule has 3 nitrogen and oxygen atoms in total. The Morgan fingerprint density at radius 2 is 2.20 bits per heavy atom. The summed E-state index contributed by atoms with van der Waals surface area (Å²) in [5.74, 6) is -0.205. The lowest BCUT2D eigenvalue weighted by molar-refractivity contribution is -0.151. The number of carboxylic acids is 1. The van der Waals surface area contributed by atoms with Crippen molar-refractivity contribution in [2.75, 3.05) is 13.1 Å². The molecule has 1 heterocycles. The Labute approximate surface area is 120 Å². The van der Waals surface area contributed by atoms with Crippen LogP contribution in [0.2, 0.25) is 0 Å². The number of aryl methyl sites for hydroxylation is 1. The lowest BCUT2D eigenvalue weighted by Gasteiger charge is -2.38. The van der Waals surface area contributed by atoms with Crippen LogP contribution in [0.25, 0.3) is 0 Å². The SMILES string of the molecule is O=C(O)C1(CC2CCCc3ccccc32)CCCNC1. The Hall–Kier alpha value is -1.35. The molecule has 0 spiro atoms. The van der Waals surface area contributed by atoms with Crippen LogP contribution < -0.4 is 5.32 Å². The summed E-state index contributed by atoms with van der Waals surface area (Å²) in [6.45, 7) is 1.58. The highest BCUT2D eigenvalue weighted by Gasteiger charge is 2.42. The summed E-state index contributed by atoms with van der Waals surface area (Å²) in [5, 5.41) is 13.0. The zero-order chi connectivity index (χ0) is 14.0. The van der Waals surface area contributed by atoms with Crippen molar-refractivity contribution in [2.24, 2.45) is 5.41 Å². The smallest absolute Gasteiger partial charge is 0.310 e. The van der Waals surface area contributed by atoms with Crippen molar-refractivity contribution in [3.8, 4) is 0 Å². The zero-order valence-electron chi connectivity index (χ0n) is 11.9. The molecule has 108 valence electrons. The number of hydrogen-bond acceptors (Lipinski definition) is 2. The van der Waals surface area contributed by atoms with Gasteiger partial charge in [-0.05, 0) is 62.1 Å². The van der Waals surface area contributed by atoms with Gasteiger partial charge in [-0.3, -0.25) is 4.79 Å². The Morgan fingerprint density at radius 1 is 1.35 bits per heavy atom. The summed E-state index contributed by atoms with van der Waals surface area (Å²) in [4.78, 5) is 11.8. The summed E-state index contributed by atoms with van der Waals surface area (Å²) in [7, 11) is 0. The minimum Gasteiger partial charge on any atom is -0.481 e. The first kappa shape index (κ1) is 13.6. The number of carbonyl (C=O) groups is 1. The predicted molar refractivity (Wildman–Crippen MR) is 78.9 cm³/mol. The molecule has 2 atom stereocenters. The first-order valence-electron chi connectivity index (χ1n) is 7.73. The average molecular weight is 273 g/mol. The van der Waals surface area contributed by atoms with E-state index in [1.807, 2.05) is 0 Å². The third-order valence-corrected chi connectivity index (χ3v) is 5.06. The fourth-order valence-corrected chi connectivity index (χ4v) is 3.95. The third-order valence-electron chi connectivity index (χ3n) is 5.06. The van der Waals surface area contributed by atoms with Crippen LogP contribution in [0.4, 0.5) is 0 Å². The van der Waals surface area contributed by atoms with Gasteiger partial charge in [-0.1, -0.05) is 24.3 Å². The van der Waals surface area contributed by atoms with Crippen LogP contribution in [0.1, 0.15) is 49.1 Å². The molecule has 0 aromatic heterocycles. The van der Waals surface area contributed by atoms with Gasteiger partial charge in [0.1, 0.15) is 0 Å². The van der Waals surface area contributed by atoms with E-state index >= 15 is 0 Å². The largest absolute Gasteiger partial charge is 0.481 e. The molecule has 2 unspecified atom stereocenters. The third kappa shape index (κ3) is 2.47. The first-order valence-corrected chi connectivity index (χ1v) is 7.73. The van der Waals surface area contributed by atoms with E-state index in [0.717, 1.165) is 38.6 Å². The second-order valence-electron chi connectivity index (χ2n) is 6.36. The van der Waals surface area contributed by atoms with Gasteiger partial charge in [0.05, 0.1) is 5.41 Å². The van der Waals surface area contributed by atoms with Crippen molar-refractivity contribution in [1.29, 1.82) is 0 Å². The van der Waals surface area contributed by atoms with Crippen LogP contribution in [0, 0.1) is 5.41 Å². The molecule has 3 rings (SSSR count). The molecular weight excluding hydrogens is 250 g/mol. The van der Waals surface area contributed by atoms with Gasteiger partial charge in [0, 0.05) is 6.54 Å². The van der Waals surface area contributed by atoms with E-state index < -0.39 is 11.4 Å². The van der Waals surface area contributed by atoms with Crippen molar-refractivity contribution in [2.45, 2.75) is 44.4 Å². The molecule has 1 aromatic rings. The first-order chi connectivity index (χ1) is 9.71. The molecule has 0 radical (unpaired) electrons. The van der Waals surface area contributed by atoms with Crippen LogP contribution in [-0.4, -0.2) is 24.2 Å². The predicted octanol–water partition coefficient (Wildman–Crippen LogP) is 2.95. The number of hydrogen-bond donors (Lipinski definition) is 2. The molecular formula is C17H23NO2. The highest BCUT2D eigenvalue weighted by Crippen LogP contribution is 2.42. The molecule has 3 heteroatoms. The van der Waals surface area contributed by atoms with Crippen molar-refractivity contribution in [3.63, 3.8) is 0 Å². The molecule has 1 aliphatic heterocycles. The van der Waals surface area contributed by atoms with Crippen LogP contribution in [-0.2, 0) is 11.2 Å². The number of aliphatic carboxylic acids is 1. The van der Waals surface area contributed by atoms with Crippen LogP contribution >= 0.6 is 0 Å². The van der Waals surface area contributed by atoms with Gasteiger partial charge in [-0.15, -0.1) is 0 Å². The molecule has 0 saturated carbocycles. The molecule has 1 fully saturated rings. The summed E-state index contributed by atoms with van der Waals surface area (Å²) in [6.07, 6.45) is 6.03. The number of nitrogens with one attached hydrogen (secondary N) is 1. The molecule has 20 heavy (non-hydrogen) atoms. The Bertz CT molecular complexity index is 492. The monoisotopic (exact) mass is 273 g/mol. The lowest BCUT2D eigenvalue weighted by atomic mass is 9.69. The van der Waals surface area contributed by atoms with Crippen molar-refractivity contribution >= 4 is 5.97 Å². The molecule has 0 amide bonds. The minimum atomic E-state index is -0.618. The van der Waals surface area contributed by atoms with Gasteiger partial charge < -0.3 is 10.4 Å². The van der Waals surface area contributed by atoms with Crippen LogP contribution in [0.15, 0.2) is 24.3 Å². The van der Waals surface area contributed by atoms with E-state index in [0.29, 0.717) is 12.5 Å². The zero-order valence-corrected chi connectivity index (χ0v) is 11.9. The quantitative estimate of drug-likeness (QED) is 0.890. The van der Waals surface area contributed by atoms with Gasteiger partial charge in [0.25, 0.3) is 0 Å². The van der Waals surface area contributed by atoms with E-state index in [9.17, 15) is 9.90 Å². The fourth-order valence-electron chi connectivity index (χ4n) is 3.95. The van der Waals surface area contributed by atoms with Crippen molar-refractivity contribution in [3.05, 3.63) is 35.4 Å². The molecule has 1 aliphatic carbocycles. The maximum atomic E-state index is 11.8. The van der Waals surface area contributed by atoms with E-state index in [4.69, 9.17) is 0 Å². The van der Waals surface area contributed by atoms with Gasteiger partial charge >= 0.3 is 5.97 Å². The van der Waals surface area contributed by atoms with E-state index in [1.54, 1.807) is 0 Å². The highest BCUT2D eigenvalue weighted by atomic mass is 16.4. The lowest BCUT2D eigenvalue weighted by Crippen LogP contribution is -2.46. The Morgan fingerprint density at radius 3 is 2.95 bits per heavy atom. The standard InChI is InChI=1S/C17H23NO2/c19-16(20)17(9-4-10-18-12-17)11-14-7-3-6-13-5-1-2-8-15(13)14/h1-2,5,8,14,18H,3-4,6-7,9-12H2,(H,19,20). The van der Waals surface area contributed by atoms with Crippen molar-refractivity contribution < 1.29 is 9.90 Å². The summed E-state index contributed by atoms with van der Waals surface area (Å²) in [5.41, 5.74) is 2.26. The molecule has 1 saturated heterocycles. The van der Waals surface area contributed by atoms with Gasteiger partial charge in [0.15, 0.2) is 0 Å². The van der Waals surface area contributed by atoms with Crippen LogP contribution in [0.3, 0.4) is 0 Å². The van der Waals surface area contributed by atoms with Gasteiger partial charge in [0.2, 0.25) is 0 Å². The van der Waals surface area contributed by atoms with E-state index in [2.05, 4.69) is 29.6 Å². The summed E-state index contributed by atoms with van der Waals surface area (Å²) >= 11 is 0. The second-order valence-corrected chi connectivity index (χ2v) is 6.36. The summed E-state index contributed by atoms with van der Waals surface area (Å²) < 4.78 is 0. The summed E-state index contributed by atoms with van der Waals surface area (Å²) in [6, 6.07) is 8.58. The number of carboxylic acid groups (broad SMARTS) is 1. The Kier molecular flexibility index (Phi) is 3.79. The molecule has 1 aromatic carbocycles. The van der Waals surface area contributed by atoms with Gasteiger partial charge in [-0.2, -0.15) is 0 Å². The van der Waals surface area contributed by atoms with Crippen molar-refractivity contribution in [1.82, 2.24) is 5.32 Å². The van der Waals surface area contributed by atoms with E-state index in [-0.39, 0.29) is 0 Å².